The third kappa shape index (κ3) is 2.46. The summed E-state index contributed by atoms with van der Waals surface area (Å²) >= 11 is 0. The lowest BCUT2D eigenvalue weighted by Crippen LogP contribution is -2.01. The molecule has 0 N–H and O–H groups in total. The summed E-state index contributed by atoms with van der Waals surface area (Å²) in [5.41, 5.74) is 1.77. The SMILES string of the molecule is C1=CCC(/C2=C/CCCCCC2)C1. The lowest BCUT2D eigenvalue weighted by atomic mass is 9.89. The van der Waals surface area contributed by atoms with Crippen LogP contribution in [-0.2, 0) is 0 Å². The van der Waals surface area contributed by atoms with Crippen LogP contribution in [0.1, 0.15) is 51.4 Å². The molecule has 13 heavy (non-hydrogen) atoms. The van der Waals surface area contributed by atoms with Gasteiger partial charge in [0.2, 0.25) is 0 Å². The Hall–Kier alpha value is -0.520. The summed E-state index contributed by atoms with van der Waals surface area (Å²) in [6.45, 7) is 0. The van der Waals surface area contributed by atoms with Gasteiger partial charge < -0.3 is 0 Å². The van der Waals surface area contributed by atoms with Crippen LogP contribution < -0.4 is 0 Å². The van der Waals surface area contributed by atoms with Gasteiger partial charge in [0.05, 0.1) is 0 Å². The molecule has 0 saturated heterocycles. The van der Waals surface area contributed by atoms with Gasteiger partial charge in [-0.25, -0.2) is 0 Å². The van der Waals surface area contributed by atoms with Crippen molar-refractivity contribution >= 4 is 0 Å². The van der Waals surface area contributed by atoms with Crippen molar-refractivity contribution in [2.24, 2.45) is 5.92 Å². The third-order valence-corrected chi connectivity index (χ3v) is 3.36. The van der Waals surface area contributed by atoms with Crippen LogP contribution in [0.4, 0.5) is 0 Å². The van der Waals surface area contributed by atoms with Crippen molar-refractivity contribution in [3.05, 3.63) is 23.8 Å². The molecular formula is C13H20. The predicted molar refractivity (Wildman–Crippen MR) is 57.6 cm³/mol. The fourth-order valence-electron chi connectivity index (χ4n) is 2.51. The highest BCUT2D eigenvalue weighted by Gasteiger charge is 2.15. The molecule has 2 aliphatic carbocycles. The molecule has 0 heteroatoms. The van der Waals surface area contributed by atoms with Crippen LogP contribution in [0.25, 0.3) is 0 Å². The monoisotopic (exact) mass is 176 g/mol. The first-order chi connectivity index (χ1) is 6.47. The van der Waals surface area contributed by atoms with Gasteiger partial charge in [-0.05, 0) is 44.4 Å². The summed E-state index contributed by atoms with van der Waals surface area (Å²) in [5.74, 6) is 0.887. The average molecular weight is 176 g/mol. The lowest BCUT2D eigenvalue weighted by Gasteiger charge is -2.17. The Morgan fingerprint density at radius 1 is 0.923 bits per heavy atom. The van der Waals surface area contributed by atoms with E-state index in [1.54, 1.807) is 5.57 Å². The van der Waals surface area contributed by atoms with Gasteiger partial charge in [0.15, 0.2) is 0 Å². The smallest absolute Gasteiger partial charge is 0.0134 e. The van der Waals surface area contributed by atoms with E-state index < -0.39 is 0 Å². The van der Waals surface area contributed by atoms with E-state index in [-0.39, 0.29) is 0 Å². The second-order valence-corrected chi connectivity index (χ2v) is 4.37. The quantitative estimate of drug-likeness (QED) is 0.524. The molecule has 0 bridgehead atoms. The van der Waals surface area contributed by atoms with Gasteiger partial charge in [0.1, 0.15) is 0 Å². The lowest BCUT2D eigenvalue weighted by molar-refractivity contribution is 0.563. The molecule has 0 heterocycles. The highest BCUT2D eigenvalue weighted by molar-refractivity contribution is 5.14. The van der Waals surface area contributed by atoms with E-state index in [1.807, 2.05) is 0 Å². The van der Waals surface area contributed by atoms with Crippen molar-refractivity contribution in [3.8, 4) is 0 Å². The molecule has 0 aromatic carbocycles. The topological polar surface area (TPSA) is 0 Å². The molecule has 2 aliphatic rings. The third-order valence-electron chi connectivity index (χ3n) is 3.36. The van der Waals surface area contributed by atoms with Crippen LogP contribution in [0.5, 0.6) is 0 Å². The number of hydrogen-bond acceptors (Lipinski definition) is 0. The molecule has 0 radical (unpaired) electrons. The minimum Gasteiger partial charge on any atom is -0.0879 e. The second kappa shape index (κ2) is 4.64. The first-order valence-corrected chi connectivity index (χ1v) is 5.81. The Bertz CT molecular complexity index is 202. The van der Waals surface area contributed by atoms with E-state index in [0.29, 0.717) is 0 Å². The standard InChI is InChI=1S/C13H20/c1-2-4-8-12(9-5-3-1)13-10-6-7-11-13/h6-8,13H,1-5,9-11H2/b12-8+. The highest BCUT2D eigenvalue weighted by Crippen LogP contribution is 2.31. The molecule has 0 aromatic rings. The largest absolute Gasteiger partial charge is 0.0879 e. The first kappa shape index (κ1) is 9.05. The van der Waals surface area contributed by atoms with Gasteiger partial charge in [-0.1, -0.05) is 36.6 Å². The Labute approximate surface area is 81.7 Å². The summed E-state index contributed by atoms with van der Waals surface area (Å²) in [5, 5.41) is 0. The number of rotatable bonds is 1. The van der Waals surface area contributed by atoms with Gasteiger partial charge in [-0.3, -0.25) is 0 Å². The van der Waals surface area contributed by atoms with Crippen LogP contribution in [0.2, 0.25) is 0 Å². The molecule has 72 valence electrons. The fourth-order valence-corrected chi connectivity index (χ4v) is 2.51. The van der Waals surface area contributed by atoms with Gasteiger partial charge in [-0.15, -0.1) is 0 Å². The van der Waals surface area contributed by atoms with Crippen molar-refractivity contribution in [1.29, 1.82) is 0 Å². The second-order valence-electron chi connectivity index (χ2n) is 4.37. The van der Waals surface area contributed by atoms with Crippen molar-refractivity contribution in [3.63, 3.8) is 0 Å². The Morgan fingerprint density at radius 2 is 1.69 bits per heavy atom. The van der Waals surface area contributed by atoms with Crippen molar-refractivity contribution in [2.75, 3.05) is 0 Å². The van der Waals surface area contributed by atoms with Gasteiger partial charge in [-0.2, -0.15) is 0 Å². The molecule has 0 saturated carbocycles. The van der Waals surface area contributed by atoms with Crippen LogP contribution in [0, 0.1) is 5.92 Å². The van der Waals surface area contributed by atoms with Crippen molar-refractivity contribution in [2.45, 2.75) is 51.4 Å². The zero-order chi connectivity index (χ0) is 8.93. The maximum Gasteiger partial charge on any atom is -0.0134 e. The Kier molecular flexibility index (Phi) is 3.23. The summed E-state index contributed by atoms with van der Waals surface area (Å²) in [6, 6.07) is 0. The molecule has 0 amide bonds. The molecule has 0 aromatic heterocycles. The minimum atomic E-state index is 0.887. The van der Waals surface area contributed by atoms with Gasteiger partial charge in [0, 0.05) is 0 Å². The van der Waals surface area contributed by atoms with Crippen molar-refractivity contribution < 1.29 is 0 Å². The molecule has 0 atom stereocenters. The van der Waals surface area contributed by atoms with Crippen molar-refractivity contribution in [1.82, 2.24) is 0 Å². The maximum atomic E-state index is 2.54. The highest BCUT2D eigenvalue weighted by atomic mass is 14.2. The molecule has 0 nitrogen and oxygen atoms in total. The summed E-state index contributed by atoms with van der Waals surface area (Å²) in [7, 11) is 0. The first-order valence-electron chi connectivity index (χ1n) is 5.81. The van der Waals surface area contributed by atoms with Crippen LogP contribution in [-0.4, -0.2) is 0 Å². The van der Waals surface area contributed by atoms with Crippen LogP contribution in [0.15, 0.2) is 23.8 Å². The molecule has 0 aliphatic heterocycles. The van der Waals surface area contributed by atoms with E-state index in [2.05, 4.69) is 18.2 Å². The zero-order valence-corrected chi connectivity index (χ0v) is 8.47. The van der Waals surface area contributed by atoms with E-state index in [0.717, 1.165) is 5.92 Å². The van der Waals surface area contributed by atoms with E-state index in [9.17, 15) is 0 Å². The number of hydrogen-bond donors (Lipinski definition) is 0. The van der Waals surface area contributed by atoms with Gasteiger partial charge >= 0.3 is 0 Å². The van der Waals surface area contributed by atoms with Crippen LogP contribution in [0.3, 0.4) is 0 Å². The normalized spacial score (nSPS) is 29.4. The minimum absolute atomic E-state index is 0.887. The summed E-state index contributed by atoms with van der Waals surface area (Å²) in [6.07, 6.45) is 18.3. The molecule has 0 unspecified atom stereocenters. The molecule has 0 spiro atoms. The zero-order valence-electron chi connectivity index (χ0n) is 8.47. The van der Waals surface area contributed by atoms with Crippen LogP contribution >= 0.6 is 0 Å². The number of allylic oxidation sites excluding steroid dienone is 4. The average Bonchev–Trinajstić information content (AvgIpc) is 2.55. The molecular weight excluding hydrogens is 156 g/mol. The molecule has 0 fully saturated rings. The Balaban J connectivity index is 1.94. The van der Waals surface area contributed by atoms with E-state index >= 15 is 0 Å². The van der Waals surface area contributed by atoms with Gasteiger partial charge in [0.25, 0.3) is 0 Å². The van der Waals surface area contributed by atoms with E-state index in [4.69, 9.17) is 0 Å². The summed E-state index contributed by atoms with van der Waals surface area (Å²) in [4.78, 5) is 0. The fraction of sp³-hybridized carbons (Fsp3) is 0.692. The maximum absolute atomic E-state index is 2.54. The predicted octanol–water partition coefficient (Wildman–Crippen LogP) is 4.23. The Morgan fingerprint density at radius 3 is 2.54 bits per heavy atom. The molecule has 2 rings (SSSR count). The van der Waals surface area contributed by atoms with E-state index in [1.165, 1.54) is 51.4 Å². The summed E-state index contributed by atoms with van der Waals surface area (Å²) < 4.78 is 0.